The topological polar surface area (TPSA) is 51.6 Å². The minimum absolute atomic E-state index is 0.500. The summed E-state index contributed by atoms with van der Waals surface area (Å²) in [6.07, 6.45) is 1.94. The lowest BCUT2D eigenvalue weighted by Crippen LogP contribution is -1.85. The summed E-state index contributed by atoms with van der Waals surface area (Å²) in [5.74, 6) is 0. The molecule has 6 heteroatoms. The van der Waals surface area contributed by atoms with E-state index in [0.717, 1.165) is 26.9 Å². The van der Waals surface area contributed by atoms with Gasteiger partial charge in [-0.1, -0.05) is 37.6 Å². The number of hydrogen-bond acceptors (Lipinski definition) is 3. The van der Waals surface area contributed by atoms with Crippen molar-refractivity contribution in [2.45, 2.75) is 18.7 Å². The first kappa shape index (κ1) is 21.6. The zero-order chi connectivity index (χ0) is 19.4. The van der Waals surface area contributed by atoms with E-state index in [9.17, 15) is 4.39 Å². The fourth-order valence-corrected chi connectivity index (χ4v) is 2.84. The molecule has 2 N–H and O–H groups in total. The van der Waals surface area contributed by atoms with Gasteiger partial charge in [0.25, 0.3) is 0 Å². The highest BCUT2D eigenvalue weighted by molar-refractivity contribution is 8.00. The van der Waals surface area contributed by atoms with Crippen LogP contribution in [0.3, 0.4) is 0 Å². The van der Waals surface area contributed by atoms with E-state index in [1.807, 2.05) is 56.4 Å². The molecule has 0 aliphatic rings. The molecule has 0 spiro atoms. The fraction of sp³-hybridized carbons (Fsp3) is 0.150. The van der Waals surface area contributed by atoms with Crippen molar-refractivity contribution >= 4 is 29.2 Å². The summed E-state index contributed by atoms with van der Waals surface area (Å²) in [5, 5.41) is 9.50. The van der Waals surface area contributed by atoms with Crippen LogP contribution in [-0.2, 0) is 0 Å². The van der Waals surface area contributed by atoms with Crippen molar-refractivity contribution in [2.75, 3.05) is 11.9 Å². The Balaban J connectivity index is 0.000000791. The Hall–Kier alpha value is -2.42. The molecule has 0 bridgehead atoms. The molecule has 0 radical (unpaired) electrons. The van der Waals surface area contributed by atoms with Crippen LogP contribution in [0.25, 0.3) is 11.3 Å². The lowest BCUT2D eigenvalue weighted by molar-refractivity contribution is 0.636. The Kier molecular flexibility index (Phi) is 9.99. The number of H-pyrrole nitrogens is 1. The largest absolute Gasteiger partial charge is 0.360 e. The molecule has 0 amide bonds. The molecule has 0 unspecified atom stereocenters. The van der Waals surface area contributed by atoms with Gasteiger partial charge in [0.15, 0.2) is 0 Å². The maximum Gasteiger partial charge on any atom is 0.0991 e. The molecule has 1 heterocycles. The molecule has 3 rings (SSSR count). The van der Waals surface area contributed by atoms with Gasteiger partial charge >= 0.3 is 0 Å². The lowest BCUT2D eigenvalue weighted by atomic mass is 10.2. The first-order valence-corrected chi connectivity index (χ1v) is 9.19. The number of hydrogen-bond donors (Lipinski definition) is 2. The van der Waals surface area contributed by atoms with Gasteiger partial charge in [0.1, 0.15) is 0 Å². The molecule has 0 atom stereocenters. The number of rotatable bonds is 4. The molecule has 2 aromatic carbocycles. The van der Waals surface area contributed by atoms with Crippen molar-refractivity contribution in [1.82, 2.24) is 4.98 Å². The molecule has 136 valence electrons. The quantitative estimate of drug-likeness (QED) is 0.475. The summed E-state index contributed by atoms with van der Waals surface area (Å²) in [4.78, 5) is 4.31. The van der Waals surface area contributed by atoms with Crippen molar-refractivity contribution in [3.63, 3.8) is 0 Å². The van der Waals surface area contributed by atoms with Gasteiger partial charge in [-0.2, -0.15) is 5.26 Å². The standard InChI is InChI=1S/C17H12ClN3S.C2H6.CH3F/c18-14-3-1-2-13(8-14)17-9-16(11-20-17)22-21-15-6-4-12(10-19)5-7-15;2*1-2/h1-9,11,20-21H;1-2H3;1H3. The smallest absolute Gasteiger partial charge is 0.0991 e. The summed E-state index contributed by atoms with van der Waals surface area (Å²) < 4.78 is 12.7. The second-order valence-electron chi connectivity index (χ2n) is 4.65. The highest BCUT2D eigenvalue weighted by Crippen LogP contribution is 2.27. The van der Waals surface area contributed by atoms with Gasteiger partial charge in [-0.15, -0.1) is 0 Å². The molecule has 0 saturated heterocycles. The first-order valence-electron chi connectivity index (χ1n) is 8.00. The van der Waals surface area contributed by atoms with Crippen molar-refractivity contribution < 1.29 is 4.39 Å². The summed E-state index contributed by atoms with van der Waals surface area (Å²) in [6, 6.07) is 19.2. The minimum atomic E-state index is 0.500. The Morgan fingerprint density at radius 2 is 1.77 bits per heavy atom. The molecule has 0 fully saturated rings. The highest BCUT2D eigenvalue weighted by atomic mass is 35.5. The predicted octanol–water partition coefficient (Wildman–Crippen LogP) is 6.94. The highest BCUT2D eigenvalue weighted by Gasteiger charge is 2.03. The van der Waals surface area contributed by atoms with Crippen LogP contribution in [-0.4, -0.2) is 12.2 Å². The molecule has 3 aromatic rings. The summed E-state index contributed by atoms with van der Waals surface area (Å²) in [7, 11) is 0.500. The maximum atomic E-state index is 9.50. The van der Waals surface area contributed by atoms with Crippen LogP contribution in [0.2, 0.25) is 5.02 Å². The molecule has 0 aliphatic heterocycles. The zero-order valence-electron chi connectivity index (χ0n) is 14.9. The minimum Gasteiger partial charge on any atom is -0.360 e. The van der Waals surface area contributed by atoms with Gasteiger partial charge in [0.2, 0.25) is 0 Å². The van der Waals surface area contributed by atoms with Crippen LogP contribution in [0.5, 0.6) is 0 Å². The predicted molar refractivity (Wildman–Crippen MR) is 110 cm³/mol. The third-order valence-electron chi connectivity index (χ3n) is 3.09. The number of nitriles is 1. The number of anilines is 1. The normalized spacial score (nSPS) is 9.08. The van der Waals surface area contributed by atoms with E-state index >= 15 is 0 Å². The van der Waals surface area contributed by atoms with Crippen LogP contribution in [0.1, 0.15) is 19.4 Å². The van der Waals surface area contributed by atoms with Gasteiger partial charge in [0, 0.05) is 27.5 Å². The van der Waals surface area contributed by atoms with Crippen molar-refractivity contribution in [3.05, 3.63) is 71.4 Å². The van der Waals surface area contributed by atoms with Crippen molar-refractivity contribution in [1.29, 1.82) is 5.26 Å². The van der Waals surface area contributed by atoms with E-state index in [-0.39, 0.29) is 0 Å². The first-order chi connectivity index (χ1) is 12.7. The van der Waals surface area contributed by atoms with E-state index in [4.69, 9.17) is 16.9 Å². The molecular formula is C20H21ClFN3S. The van der Waals surface area contributed by atoms with E-state index in [2.05, 4.69) is 21.8 Å². The van der Waals surface area contributed by atoms with E-state index in [0.29, 0.717) is 12.7 Å². The molecule has 3 nitrogen and oxygen atoms in total. The number of alkyl halides is 1. The lowest BCUT2D eigenvalue weighted by Gasteiger charge is -2.03. The molecule has 0 saturated carbocycles. The SMILES string of the molecule is CC.CF.N#Cc1ccc(NSc2c[nH]c(-c3cccc(Cl)c3)c2)cc1. The maximum absolute atomic E-state index is 9.50. The molecular weight excluding hydrogens is 369 g/mol. The molecule has 1 aromatic heterocycles. The second-order valence-corrected chi connectivity index (χ2v) is 5.97. The number of nitrogens with zero attached hydrogens (tertiary/aromatic N) is 1. The van der Waals surface area contributed by atoms with Gasteiger partial charge < -0.3 is 9.71 Å². The van der Waals surface area contributed by atoms with Gasteiger partial charge in [0.05, 0.1) is 18.8 Å². The number of halogens is 2. The number of nitrogens with one attached hydrogen (secondary N) is 2. The van der Waals surface area contributed by atoms with E-state index in [1.54, 1.807) is 12.1 Å². The third-order valence-corrected chi connectivity index (χ3v) is 4.14. The molecule has 26 heavy (non-hydrogen) atoms. The van der Waals surface area contributed by atoms with E-state index < -0.39 is 0 Å². The molecule has 0 aliphatic carbocycles. The summed E-state index contributed by atoms with van der Waals surface area (Å²) >= 11 is 7.52. The third kappa shape index (κ3) is 6.47. The monoisotopic (exact) mass is 389 g/mol. The van der Waals surface area contributed by atoms with Crippen LogP contribution in [0, 0.1) is 11.3 Å². The average molecular weight is 390 g/mol. The number of aromatic amines is 1. The summed E-state index contributed by atoms with van der Waals surface area (Å²) in [6.45, 7) is 4.00. The Morgan fingerprint density at radius 3 is 2.38 bits per heavy atom. The van der Waals surface area contributed by atoms with Crippen LogP contribution in [0.4, 0.5) is 10.1 Å². The van der Waals surface area contributed by atoms with E-state index in [1.165, 1.54) is 11.9 Å². The summed E-state index contributed by atoms with van der Waals surface area (Å²) in [5.41, 5.74) is 3.68. The van der Waals surface area contributed by atoms with Crippen molar-refractivity contribution in [2.24, 2.45) is 0 Å². The average Bonchev–Trinajstić information content (AvgIpc) is 3.19. The van der Waals surface area contributed by atoms with Crippen LogP contribution >= 0.6 is 23.5 Å². The van der Waals surface area contributed by atoms with Crippen LogP contribution < -0.4 is 4.72 Å². The van der Waals surface area contributed by atoms with Crippen LogP contribution in [0.15, 0.2) is 65.7 Å². The Morgan fingerprint density at radius 1 is 1.08 bits per heavy atom. The fourth-order valence-electron chi connectivity index (χ4n) is 1.99. The van der Waals surface area contributed by atoms with Gasteiger partial charge in [-0.3, -0.25) is 4.39 Å². The second kappa shape index (κ2) is 12.0. The Labute approximate surface area is 163 Å². The Bertz CT molecular complexity index is 826. The number of aromatic nitrogens is 1. The van der Waals surface area contributed by atoms with Gasteiger partial charge in [-0.05, 0) is 60.0 Å². The van der Waals surface area contributed by atoms with Gasteiger partial charge in [-0.25, -0.2) is 0 Å². The van der Waals surface area contributed by atoms with Crippen molar-refractivity contribution in [3.8, 4) is 17.3 Å². The zero-order valence-corrected chi connectivity index (χ0v) is 16.5. The number of benzene rings is 2.